The van der Waals surface area contributed by atoms with E-state index < -0.39 is 11.5 Å². The van der Waals surface area contributed by atoms with Gasteiger partial charge in [0.25, 0.3) is 5.91 Å². The number of rotatable bonds is 9. The average Bonchev–Trinajstić information content (AvgIpc) is 2.79. The van der Waals surface area contributed by atoms with E-state index in [4.69, 9.17) is 4.84 Å². The van der Waals surface area contributed by atoms with Gasteiger partial charge in [-0.25, -0.2) is 5.48 Å². The number of nitrogens with one attached hydrogen (secondary N) is 1. The highest BCUT2D eigenvalue weighted by molar-refractivity contribution is 6.23. The van der Waals surface area contributed by atoms with E-state index in [-0.39, 0.29) is 5.91 Å². The van der Waals surface area contributed by atoms with Crippen molar-refractivity contribution in [3.8, 4) is 0 Å². The van der Waals surface area contributed by atoms with E-state index >= 15 is 0 Å². The summed E-state index contributed by atoms with van der Waals surface area (Å²) in [5.41, 5.74) is 2.81. The molecule has 0 bridgehead atoms. The number of carbonyl (C=O) groups excluding carboxylic acids is 1. The summed E-state index contributed by atoms with van der Waals surface area (Å²) in [7, 11) is 0. The van der Waals surface area contributed by atoms with Crippen molar-refractivity contribution in [3.05, 3.63) is 72.8 Å². The Balaban J connectivity index is 1.38. The van der Waals surface area contributed by atoms with Gasteiger partial charge in [-0.15, -0.1) is 6.58 Å². The lowest BCUT2D eigenvalue weighted by molar-refractivity contribution is -0.147. The van der Waals surface area contributed by atoms with Gasteiger partial charge >= 0.3 is 0 Å². The van der Waals surface area contributed by atoms with Crippen molar-refractivity contribution >= 4 is 38.2 Å². The first-order valence-electron chi connectivity index (χ1n) is 10.8. The van der Waals surface area contributed by atoms with Crippen molar-refractivity contribution in [1.29, 1.82) is 0 Å². The van der Waals surface area contributed by atoms with E-state index in [2.05, 4.69) is 66.7 Å². The number of carbonyl (C=O) groups is 1. The molecule has 4 rings (SSSR count). The quantitative estimate of drug-likeness (QED) is 0.164. The van der Waals surface area contributed by atoms with Crippen molar-refractivity contribution in [2.45, 2.75) is 39.2 Å². The molecule has 2 N–H and O–H groups in total. The zero-order chi connectivity index (χ0) is 22.0. The van der Waals surface area contributed by atoms with Crippen LogP contribution in [0.4, 0.5) is 0 Å². The Labute approximate surface area is 182 Å². The summed E-state index contributed by atoms with van der Waals surface area (Å²) in [6.45, 7) is 7.28. The van der Waals surface area contributed by atoms with Crippen LogP contribution in [-0.2, 0) is 16.1 Å². The molecule has 0 aliphatic rings. The summed E-state index contributed by atoms with van der Waals surface area (Å²) in [6.07, 6.45) is 3.17. The molecule has 0 fully saturated rings. The molecule has 1 atom stereocenters. The predicted molar refractivity (Wildman–Crippen MR) is 127 cm³/mol. The third-order valence-corrected chi connectivity index (χ3v) is 6.27. The molecule has 0 aliphatic heterocycles. The molecule has 0 saturated heterocycles. The van der Waals surface area contributed by atoms with E-state index in [0.717, 1.165) is 19.3 Å². The Morgan fingerprint density at radius 3 is 2.39 bits per heavy atom. The van der Waals surface area contributed by atoms with Gasteiger partial charge in [0, 0.05) is 0 Å². The number of aliphatic hydroxyl groups excluding tert-OH is 1. The summed E-state index contributed by atoms with van der Waals surface area (Å²) in [5.74, 6) is -0.355. The Morgan fingerprint density at radius 1 is 1.03 bits per heavy atom. The molecular formula is C27H29NO3. The minimum Gasteiger partial charge on any atom is -0.388 e. The SMILES string of the molecule is C=CC(O)C(C)(C)C(=O)NOCCCCc1ccc2ccc3cccc4ccc1c2c34. The van der Waals surface area contributed by atoms with Gasteiger partial charge in [0.05, 0.1) is 18.1 Å². The molecule has 0 aliphatic carbocycles. The van der Waals surface area contributed by atoms with Gasteiger partial charge in [0.2, 0.25) is 0 Å². The molecular weight excluding hydrogens is 386 g/mol. The van der Waals surface area contributed by atoms with E-state index in [1.54, 1.807) is 13.8 Å². The molecule has 0 aromatic heterocycles. The summed E-state index contributed by atoms with van der Waals surface area (Å²) in [6, 6.07) is 19.8. The molecule has 0 heterocycles. The van der Waals surface area contributed by atoms with Crippen molar-refractivity contribution in [1.82, 2.24) is 5.48 Å². The number of aryl methyl sites for hydroxylation is 1. The topological polar surface area (TPSA) is 58.6 Å². The third-order valence-electron chi connectivity index (χ3n) is 6.27. The molecule has 4 aromatic rings. The van der Waals surface area contributed by atoms with E-state index in [1.807, 2.05) is 0 Å². The predicted octanol–water partition coefficient (Wildman–Crippen LogP) is 5.53. The third kappa shape index (κ3) is 4.01. The number of amides is 1. The first-order chi connectivity index (χ1) is 14.9. The second-order valence-electron chi connectivity index (χ2n) is 8.72. The van der Waals surface area contributed by atoms with Crippen molar-refractivity contribution in [2.75, 3.05) is 6.61 Å². The Hall–Kier alpha value is -2.95. The second kappa shape index (κ2) is 8.66. The second-order valence-corrected chi connectivity index (χ2v) is 8.72. The zero-order valence-electron chi connectivity index (χ0n) is 18.2. The van der Waals surface area contributed by atoms with Crippen LogP contribution in [0.1, 0.15) is 32.3 Å². The summed E-state index contributed by atoms with van der Waals surface area (Å²) < 4.78 is 0. The van der Waals surface area contributed by atoms with E-state index in [0.29, 0.717) is 6.61 Å². The molecule has 0 radical (unpaired) electrons. The van der Waals surface area contributed by atoms with Crippen LogP contribution >= 0.6 is 0 Å². The van der Waals surface area contributed by atoms with Crippen molar-refractivity contribution < 1.29 is 14.7 Å². The summed E-state index contributed by atoms with van der Waals surface area (Å²) >= 11 is 0. The molecule has 4 aromatic carbocycles. The zero-order valence-corrected chi connectivity index (χ0v) is 18.2. The van der Waals surface area contributed by atoms with Gasteiger partial charge in [0.15, 0.2) is 0 Å². The van der Waals surface area contributed by atoms with Gasteiger partial charge in [-0.05, 0) is 71.0 Å². The highest BCUT2D eigenvalue weighted by atomic mass is 16.6. The maximum Gasteiger partial charge on any atom is 0.252 e. The lowest BCUT2D eigenvalue weighted by atomic mass is 9.86. The number of unbranched alkanes of at least 4 members (excludes halogenated alkanes) is 1. The highest BCUT2D eigenvalue weighted by Gasteiger charge is 2.34. The first kappa shape index (κ1) is 21.3. The lowest BCUT2D eigenvalue weighted by Crippen LogP contribution is -2.44. The number of benzene rings is 4. The molecule has 4 heteroatoms. The average molecular weight is 416 g/mol. The van der Waals surface area contributed by atoms with Gasteiger partial charge in [0.1, 0.15) is 0 Å². The van der Waals surface area contributed by atoms with Crippen molar-refractivity contribution in [2.24, 2.45) is 5.41 Å². The fourth-order valence-electron chi connectivity index (χ4n) is 4.18. The van der Waals surface area contributed by atoms with Gasteiger partial charge in [-0.2, -0.15) is 0 Å². The molecule has 0 spiro atoms. The van der Waals surface area contributed by atoms with Gasteiger partial charge in [-0.3, -0.25) is 9.63 Å². The monoisotopic (exact) mass is 415 g/mol. The van der Waals surface area contributed by atoms with Crippen LogP contribution in [0.2, 0.25) is 0 Å². The fraction of sp³-hybridized carbons (Fsp3) is 0.296. The summed E-state index contributed by atoms with van der Waals surface area (Å²) in [5, 5.41) is 17.7. The molecule has 1 amide bonds. The van der Waals surface area contributed by atoms with Crippen molar-refractivity contribution in [3.63, 3.8) is 0 Å². The largest absolute Gasteiger partial charge is 0.388 e. The summed E-state index contributed by atoms with van der Waals surface area (Å²) in [4.78, 5) is 17.5. The molecule has 31 heavy (non-hydrogen) atoms. The molecule has 1 unspecified atom stereocenters. The number of hydrogen-bond acceptors (Lipinski definition) is 3. The van der Waals surface area contributed by atoms with E-state index in [1.165, 1.54) is 44.0 Å². The highest BCUT2D eigenvalue weighted by Crippen LogP contribution is 2.36. The Bertz CT molecular complexity index is 1210. The van der Waals surface area contributed by atoms with Crippen LogP contribution < -0.4 is 5.48 Å². The van der Waals surface area contributed by atoms with Crippen LogP contribution in [0.25, 0.3) is 32.3 Å². The van der Waals surface area contributed by atoms with Crippen LogP contribution in [0.15, 0.2) is 67.3 Å². The first-order valence-corrected chi connectivity index (χ1v) is 10.8. The lowest BCUT2D eigenvalue weighted by Gasteiger charge is -2.26. The maximum atomic E-state index is 12.2. The molecule has 160 valence electrons. The number of hydroxylamine groups is 1. The molecule has 0 saturated carbocycles. The van der Waals surface area contributed by atoms with E-state index in [9.17, 15) is 9.90 Å². The maximum absolute atomic E-state index is 12.2. The number of hydrogen-bond donors (Lipinski definition) is 2. The minimum atomic E-state index is -0.983. The van der Waals surface area contributed by atoms with Crippen LogP contribution in [-0.4, -0.2) is 23.7 Å². The Kier molecular flexibility index (Phi) is 5.94. The van der Waals surface area contributed by atoms with Crippen LogP contribution in [0.3, 0.4) is 0 Å². The van der Waals surface area contributed by atoms with Crippen LogP contribution in [0.5, 0.6) is 0 Å². The standard InChI is InChI=1S/C27H29NO3/c1-4-23(29)27(2,3)26(30)28-31-17-6-5-8-18-11-12-21-14-13-19-9-7-10-20-15-16-22(18)25(21)24(19)20/h4,7,9-16,23,29H,1,5-6,8,17H2,2-3H3,(H,28,30). The normalized spacial score (nSPS) is 13.1. The minimum absolute atomic E-state index is 0.355. The smallest absolute Gasteiger partial charge is 0.252 e. The Morgan fingerprint density at radius 2 is 1.68 bits per heavy atom. The number of aliphatic hydroxyl groups is 1. The van der Waals surface area contributed by atoms with Crippen LogP contribution in [0, 0.1) is 5.41 Å². The molecule has 4 nitrogen and oxygen atoms in total. The van der Waals surface area contributed by atoms with Gasteiger partial charge < -0.3 is 5.11 Å². The fourth-order valence-corrected chi connectivity index (χ4v) is 4.18. The van der Waals surface area contributed by atoms with Gasteiger partial charge in [-0.1, -0.05) is 60.7 Å².